The third-order valence-corrected chi connectivity index (χ3v) is 4.07. The first-order chi connectivity index (χ1) is 12.3. The molecule has 3 rings (SSSR count). The van der Waals surface area contributed by atoms with E-state index in [0.29, 0.717) is 5.69 Å². The highest BCUT2D eigenvalue weighted by Gasteiger charge is 2.45. The summed E-state index contributed by atoms with van der Waals surface area (Å²) in [5, 5.41) is 7.01. The first kappa shape index (κ1) is 19.4. The molecule has 148 valence electrons. The molecule has 0 aliphatic carbocycles. The number of hydrogen-bond acceptors (Lipinski definition) is 4. The molecule has 0 amide bonds. The van der Waals surface area contributed by atoms with Gasteiger partial charge in [0, 0.05) is 17.2 Å². The summed E-state index contributed by atoms with van der Waals surface area (Å²) in [5.74, 6) is -3.03. The van der Waals surface area contributed by atoms with Crippen LogP contribution in [0.2, 0.25) is 0 Å². The molecule has 1 N–H and O–H groups in total. The Morgan fingerprint density at radius 3 is 2.33 bits per heavy atom. The van der Waals surface area contributed by atoms with Gasteiger partial charge in [-0.2, -0.15) is 18.3 Å². The van der Waals surface area contributed by atoms with E-state index in [2.05, 4.69) is 15.2 Å². The SMILES string of the molecule is CC(C)(C)c1cc(-c2cc(OCC(F)(F)F)c(N3CC(F)(F)C3)cn2)n[nH]1. The Morgan fingerprint density at radius 1 is 1.15 bits per heavy atom. The lowest BCUT2D eigenvalue weighted by Crippen LogP contribution is -2.56. The highest BCUT2D eigenvalue weighted by molar-refractivity contribution is 5.66. The maximum Gasteiger partial charge on any atom is 0.422 e. The first-order valence-corrected chi connectivity index (χ1v) is 8.23. The second-order valence-electron chi connectivity index (χ2n) is 7.57. The van der Waals surface area contributed by atoms with Crippen molar-refractivity contribution in [3.8, 4) is 17.1 Å². The van der Waals surface area contributed by atoms with Crippen molar-refractivity contribution < 1.29 is 26.7 Å². The molecule has 1 saturated heterocycles. The lowest BCUT2D eigenvalue weighted by molar-refractivity contribution is -0.153. The zero-order valence-corrected chi connectivity index (χ0v) is 15.0. The van der Waals surface area contributed by atoms with Crippen LogP contribution in [0.15, 0.2) is 18.3 Å². The minimum Gasteiger partial charge on any atom is -0.482 e. The second kappa shape index (κ2) is 6.35. The third-order valence-electron chi connectivity index (χ3n) is 4.07. The molecule has 0 saturated carbocycles. The van der Waals surface area contributed by atoms with Gasteiger partial charge in [-0.25, -0.2) is 8.78 Å². The summed E-state index contributed by atoms with van der Waals surface area (Å²) in [6, 6.07) is 3.04. The van der Waals surface area contributed by atoms with Gasteiger partial charge in [0.05, 0.1) is 30.7 Å². The Morgan fingerprint density at radius 2 is 1.81 bits per heavy atom. The van der Waals surface area contributed by atoms with Gasteiger partial charge in [0.15, 0.2) is 6.61 Å². The van der Waals surface area contributed by atoms with Gasteiger partial charge in [-0.3, -0.25) is 10.1 Å². The third kappa shape index (κ3) is 4.48. The summed E-state index contributed by atoms with van der Waals surface area (Å²) < 4.78 is 68.8. The molecular formula is C17H19F5N4O. The fraction of sp³-hybridized carbons (Fsp3) is 0.529. The predicted octanol–water partition coefficient (Wildman–Crippen LogP) is 4.17. The van der Waals surface area contributed by atoms with Gasteiger partial charge < -0.3 is 9.64 Å². The quantitative estimate of drug-likeness (QED) is 0.797. The van der Waals surface area contributed by atoms with Crippen molar-refractivity contribution in [3.05, 3.63) is 24.0 Å². The van der Waals surface area contributed by atoms with Crippen molar-refractivity contribution >= 4 is 5.69 Å². The number of halogens is 5. The fourth-order valence-corrected chi connectivity index (χ4v) is 2.60. The van der Waals surface area contributed by atoms with E-state index in [1.165, 1.54) is 17.2 Å². The van der Waals surface area contributed by atoms with Gasteiger partial charge in [0.25, 0.3) is 5.92 Å². The Labute approximate surface area is 152 Å². The highest BCUT2D eigenvalue weighted by atomic mass is 19.4. The summed E-state index contributed by atoms with van der Waals surface area (Å²) in [4.78, 5) is 5.40. The Bertz CT molecular complexity index is 817. The van der Waals surface area contributed by atoms with E-state index < -0.39 is 31.8 Å². The molecule has 2 aromatic heterocycles. The summed E-state index contributed by atoms with van der Waals surface area (Å²) in [6.45, 7) is 3.22. The van der Waals surface area contributed by atoms with E-state index in [1.807, 2.05) is 20.8 Å². The molecule has 0 radical (unpaired) electrons. The van der Waals surface area contributed by atoms with Crippen LogP contribution in [0.5, 0.6) is 5.75 Å². The number of aromatic nitrogens is 3. The normalized spacial score (nSPS) is 17.0. The van der Waals surface area contributed by atoms with Crippen molar-refractivity contribution in [2.45, 2.75) is 38.3 Å². The van der Waals surface area contributed by atoms with Crippen LogP contribution in [0.3, 0.4) is 0 Å². The number of aromatic amines is 1. The van der Waals surface area contributed by atoms with Crippen molar-refractivity contribution in [3.63, 3.8) is 0 Å². The predicted molar refractivity (Wildman–Crippen MR) is 89.2 cm³/mol. The smallest absolute Gasteiger partial charge is 0.422 e. The molecule has 1 aliphatic rings. The van der Waals surface area contributed by atoms with Crippen LogP contribution >= 0.6 is 0 Å². The highest BCUT2D eigenvalue weighted by Crippen LogP contribution is 2.39. The maximum atomic E-state index is 13.1. The van der Waals surface area contributed by atoms with Gasteiger partial charge in [0.1, 0.15) is 11.4 Å². The number of H-pyrrole nitrogens is 1. The molecule has 0 unspecified atom stereocenters. The number of alkyl halides is 5. The van der Waals surface area contributed by atoms with Crippen molar-refractivity contribution in [1.29, 1.82) is 0 Å². The monoisotopic (exact) mass is 390 g/mol. The van der Waals surface area contributed by atoms with Crippen LogP contribution in [0, 0.1) is 0 Å². The van der Waals surface area contributed by atoms with E-state index in [-0.39, 0.29) is 22.5 Å². The minimum absolute atomic E-state index is 0.0977. The van der Waals surface area contributed by atoms with Crippen LogP contribution in [-0.4, -0.2) is 47.0 Å². The number of hydrogen-bond donors (Lipinski definition) is 1. The molecule has 0 aromatic carbocycles. The molecule has 0 atom stereocenters. The lowest BCUT2D eigenvalue weighted by atomic mass is 9.92. The molecule has 0 bridgehead atoms. The number of nitrogens with zero attached hydrogens (tertiary/aromatic N) is 3. The number of ether oxygens (including phenoxy) is 1. The topological polar surface area (TPSA) is 54.0 Å². The molecule has 27 heavy (non-hydrogen) atoms. The van der Waals surface area contributed by atoms with Gasteiger partial charge in [-0.15, -0.1) is 0 Å². The van der Waals surface area contributed by atoms with E-state index in [1.54, 1.807) is 6.07 Å². The summed E-state index contributed by atoms with van der Waals surface area (Å²) >= 11 is 0. The molecule has 10 heteroatoms. The van der Waals surface area contributed by atoms with E-state index in [4.69, 9.17) is 4.74 Å². The second-order valence-corrected chi connectivity index (χ2v) is 7.57. The summed E-state index contributed by atoms with van der Waals surface area (Å²) in [6.07, 6.45) is -3.31. The van der Waals surface area contributed by atoms with Crippen LogP contribution in [0.1, 0.15) is 26.5 Å². The Kier molecular flexibility index (Phi) is 4.55. The number of pyridine rings is 1. The first-order valence-electron chi connectivity index (χ1n) is 8.23. The van der Waals surface area contributed by atoms with Crippen LogP contribution in [0.25, 0.3) is 11.4 Å². The van der Waals surface area contributed by atoms with Gasteiger partial charge in [0.2, 0.25) is 0 Å². The van der Waals surface area contributed by atoms with E-state index in [9.17, 15) is 22.0 Å². The summed E-state index contributed by atoms with van der Waals surface area (Å²) in [7, 11) is 0. The maximum absolute atomic E-state index is 13.1. The van der Waals surface area contributed by atoms with Crippen molar-refractivity contribution in [2.75, 3.05) is 24.6 Å². The molecule has 3 heterocycles. The molecule has 1 fully saturated rings. The average Bonchev–Trinajstić information content (AvgIpc) is 2.99. The molecule has 5 nitrogen and oxygen atoms in total. The van der Waals surface area contributed by atoms with E-state index in [0.717, 1.165) is 5.69 Å². The minimum atomic E-state index is -4.55. The van der Waals surface area contributed by atoms with Crippen LogP contribution < -0.4 is 9.64 Å². The van der Waals surface area contributed by atoms with E-state index >= 15 is 0 Å². The molecule has 0 spiro atoms. The Balaban J connectivity index is 1.91. The van der Waals surface area contributed by atoms with Crippen molar-refractivity contribution in [1.82, 2.24) is 15.2 Å². The zero-order valence-electron chi connectivity index (χ0n) is 15.0. The average molecular weight is 390 g/mol. The van der Waals surface area contributed by atoms with Gasteiger partial charge in [-0.1, -0.05) is 20.8 Å². The van der Waals surface area contributed by atoms with Crippen molar-refractivity contribution in [2.24, 2.45) is 0 Å². The standard InChI is InChI=1S/C17H19F5N4O/c1-15(2,3)14-5-11(24-25-14)10-4-13(27-9-17(20,21)22)12(6-23-10)26-7-16(18,19)8-26/h4-6H,7-9H2,1-3H3,(H,24,25). The summed E-state index contributed by atoms with van der Waals surface area (Å²) in [5.41, 5.74) is 1.43. The van der Waals surface area contributed by atoms with Gasteiger partial charge in [-0.05, 0) is 6.07 Å². The molecular weight excluding hydrogens is 371 g/mol. The number of rotatable bonds is 4. The zero-order chi connectivity index (χ0) is 20.0. The van der Waals surface area contributed by atoms with Crippen LogP contribution in [-0.2, 0) is 5.41 Å². The fourth-order valence-electron chi connectivity index (χ4n) is 2.60. The number of nitrogens with one attached hydrogen (secondary N) is 1. The molecule has 1 aliphatic heterocycles. The van der Waals surface area contributed by atoms with Crippen LogP contribution in [0.4, 0.5) is 27.6 Å². The largest absolute Gasteiger partial charge is 0.482 e. The lowest BCUT2D eigenvalue weighted by Gasteiger charge is -2.40. The van der Waals surface area contributed by atoms with Gasteiger partial charge >= 0.3 is 6.18 Å². The number of anilines is 1. The molecule has 2 aromatic rings. The Hall–Kier alpha value is -2.39.